The van der Waals surface area contributed by atoms with Crippen molar-refractivity contribution in [3.8, 4) is 0 Å². The van der Waals surface area contributed by atoms with E-state index >= 15 is 0 Å². The normalized spacial score (nSPS) is 16.6. The van der Waals surface area contributed by atoms with Gasteiger partial charge >= 0.3 is 5.97 Å². The van der Waals surface area contributed by atoms with Gasteiger partial charge in [-0.05, 0) is 31.8 Å². The lowest BCUT2D eigenvalue weighted by Gasteiger charge is -2.26. The minimum Gasteiger partial charge on any atom is -0.464 e. The summed E-state index contributed by atoms with van der Waals surface area (Å²) in [6.45, 7) is 8.15. The van der Waals surface area contributed by atoms with Crippen LogP contribution in [0.2, 0.25) is 0 Å². The van der Waals surface area contributed by atoms with Crippen molar-refractivity contribution in [3.63, 3.8) is 0 Å². The molecule has 6 nitrogen and oxygen atoms in total. The topological polar surface area (TPSA) is 60.2 Å². The van der Waals surface area contributed by atoms with E-state index < -0.39 is 5.97 Å². The number of hydrogen-bond acceptors (Lipinski definition) is 5. The van der Waals surface area contributed by atoms with Crippen LogP contribution in [-0.2, 0) is 11.3 Å². The van der Waals surface area contributed by atoms with Gasteiger partial charge in [0.25, 0.3) is 0 Å². The summed E-state index contributed by atoms with van der Waals surface area (Å²) in [5, 5.41) is 8.12. The molecule has 0 aromatic carbocycles. The Kier molecular flexibility index (Phi) is 5.11. The SMILES string of the molecule is COC(=O)c1nnn(CCN2CCCCC2)c1C(C)C. The second-order valence-electron chi connectivity index (χ2n) is 5.60. The van der Waals surface area contributed by atoms with Gasteiger partial charge in [-0.15, -0.1) is 5.10 Å². The van der Waals surface area contributed by atoms with E-state index in [1.807, 2.05) is 18.5 Å². The Bertz CT molecular complexity index is 450. The van der Waals surface area contributed by atoms with Gasteiger partial charge in [0.05, 0.1) is 19.3 Å². The van der Waals surface area contributed by atoms with E-state index in [1.165, 1.54) is 26.4 Å². The van der Waals surface area contributed by atoms with Gasteiger partial charge in [-0.3, -0.25) is 0 Å². The van der Waals surface area contributed by atoms with E-state index in [-0.39, 0.29) is 5.92 Å². The average Bonchev–Trinajstić information content (AvgIpc) is 2.89. The highest BCUT2D eigenvalue weighted by atomic mass is 16.5. The van der Waals surface area contributed by atoms with E-state index in [2.05, 4.69) is 15.2 Å². The summed E-state index contributed by atoms with van der Waals surface area (Å²) in [6, 6.07) is 0. The molecule has 0 atom stereocenters. The minimum absolute atomic E-state index is 0.195. The fourth-order valence-corrected chi connectivity index (χ4v) is 2.72. The highest BCUT2D eigenvalue weighted by Gasteiger charge is 2.22. The lowest BCUT2D eigenvalue weighted by atomic mass is 10.1. The number of likely N-dealkylation sites (tertiary alicyclic amines) is 1. The van der Waals surface area contributed by atoms with Gasteiger partial charge in [-0.25, -0.2) is 9.48 Å². The molecule has 1 aromatic heterocycles. The molecule has 0 unspecified atom stereocenters. The number of rotatable bonds is 5. The molecular weight excluding hydrogens is 256 g/mol. The van der Waals surface area contributed by atoms with E-state index in [4.69, 9.17) is 4.74 Å². The van der Waals surface area contributed by atoms with Crippen molar-refractivity contribution < 1.29 is 9.53 Å². The van der Waals surface area contributed by atoms with Crippen molar-refractivity contribution in [3.05, 3.63) is 11.4 Å². The number of carbonyl (C=O) groups excluding carboxylic acids is 1. The van der Waals surface area contributed by atoms with Gasteiger partial charge in [0.1, 0.15) is 0 Å². The molecule has 1 saturated heterocycles. The summed E-state index contributed by atoms with van der Waals surface area (Å²) in [6.07, 6.45) is 3.90. The van der Waals surface area contributed by atoms with Crippen molar-refractivity contribution >= 4 is 5.97 Å². The van der Waals surface area contributed by atoms with Crippen molar-refractivity contribution in [1.82, 2.24) is 19.9 Å². The van der Waals surface area contributed by atoms with Gasteiger partial charge in [0.2, 0.25) is 0 Å². The molecular formula is C14H24N4O2. The molecule has 1 aromatic rings. The fraction of sp³-hybridized carbons (Fsp3) is 0.786. The zero-order chi connectivity index (χ0) is 14.5. The standard InChI is InChI=1S/C14H24N4O2/c1-11(2)13-12(14(19)20-3)15-16-18(13)10-9-17-7-5-4-6-8-17/h11H,4-10H2,1-3H3. The Hall–Kier alpha value is -1.43. The Morgan fingerprint density at radius 1 is 1.25 bits per heavy atom. The van der Waals surface area contributed by atoms with Crippen LogP contribution in [0.4, 0.5) is 0 Å². The number of aromatic nitrogens is 3. The number of nitrogens with zero attached hydrogens (tertiary/aromatic N) is 4. The Morgan fingerprint density at radius 2 is 1.95 bits per heavy atom. The van der Waals surface area contributed by atoms with Gasteiger partial charge in [0.15, 0.2) is 5.69 Å². The van der Waals surface area contributed by atoms with Gasteiger partial charge < -0.3 is 9.64 Å². The number of piperidine rings is 1. The first-order chi connectivity index (χ1) is 9.63. The molecule has 112 valence electrons. The minimum atomic E-state index is -0.405. The summed E-state index contributed by atoms with van der Waals surface area (Å²) in [7, 11) is 1.37. The molecule has 0 N–H and O–H groups in total. The maximum atomic E-state index is 11.7. The third-order valence-electron chi connectivity index (χ3n) is 3.78. The number of hydrogen-bond donors (Lipinski definition) is 0. The summed E-state index contributed by atoms with van der Waals surface area (Å²) in [5.74, 6) is -0.210. The van der Waals surface area contributed by atoms with Gasteiger partial charge in [-0.1, -0.05) is 25.5 Å². The number of esters is 1. The first-order valence-electron chi connectivity index (χ1n) is 7.37. The van der Waals surface area contributed by atoms with Crippen LogP contribution in [-0.4, -0.2) is 52.6 Å². The van der Waals surface area contributed by atoms with Gasteiger partial charge in [0, 0.05) is 6.54 Å². The quantitative estimate of drug-likeness (QED) is 0.768. The molecule has 0 spiro atoms. The summed E-state index contributed by atoms with van der Waals surface area (Å²) in [4.78, 5) is 14.2. The first kappa shape index (κ1) is 15.0. The predicted molar refractivity (Wildman–Crippen MR) is 75.7 cm³/mol. The lowest BCUT2D eigenvalue weighted by molar-refractivity contribution is 0.0592. The molecule has 2 heterocycles. The largest absolute Gasteiger partial charge is 0.464 e. The summed E-state index contributed by atoms with van der Waals surface area (Å²) in [5.41, 5.74) is 1.22. The lowest BCUT2D eigenvalue weighted by Crippen LogP contribution is -2.33. The molecule has 20 heavy (non-hydrogen) atoms. The first-order valence-corrected chi connectivity index (χ1v) is 7.37. The van der Waals surface area contributed by atoms with E-state index in [0.717, 1.165) is 31.9 Å². The molecule has 0 bridgehead atoms. The van der Waals surface area contributed by atoms with E-state index in [0.29, 0.717) is 5.69 Å². The van der Waals surface area contributed by atoms with Crippen LogP contribution in [0.1, 0.15) is 55.2 Å². The Balaban J connectivity index is 2.06. The molecule has 2 rings (SSSR count). The van der Waals surface area contributed by atoms with Crippen LogP contribution in [0.15, 0.2) is 0 Å². The van der Waals surface area contributed by atoms with Crippen molar-refractivity contribution in [1.29, 1.82) is 0 Å². The van der Waals surface area contributed by atoms with Crippen LogP contribution >= 0.6 is 0 Å². The van der Waals surface area contributed by atoms with Crippen LogP contribution in [0.3, 0.4) is 0 Å². The second kappa shape index (κ2) is 6.83. The highest BCUT2D eigenvalue weighted by molar-refractivity contribution is 5.88. The zero-order valence-corrected chi connectivity index (χ0v) is 12.6. The summed E-state index contributed by atoms with van der Waals surface area (Å²) < 4.78 is 6.62. The fourth-order valence-electron chi connectivity index (χ4n) is 2.72. The third kappa shape index (κ3) is 3.36. The Morgan fingerprint density at radius 3 is 2.55 bits per heavy atom. The maximum Gasteiger partial charge on any atom is 0.360 e. The molecule has 1 fully saturated rings. The average molecular weight is 280 g/mol. The number of ether oxygens (including phenoxy) is 1. The van der Waals surface area contributed by atoms with Crippen molar-refractivity contribution in [2.24, 2.45) is 0 Å². The molecule has 1 aliphatic heterocycles. The third-order valence-corrected chi connectivity index (χ3v) is 3.78. The van der Waals surface area contributed by atoms with Crippen molar-refractivity contribution in [2.45, 2.75) is 45.6 Å². The number of carbonyl (C=O) groups is 1. The maximum absolute atomic E-state index is 11.7. The monoisotopic (exact) mass is 280 g/mol. The molecule has 0 radical (unpaired) electrons. The smallest absolute Gasteiger partial charge is 0.360 e. The molecule has 1 aliphatic rings. The molecule has 0 saturated carbocycles. The van der Waals surface area contributed by atoms with Crippen LogP contribution in [0.5, 0.6) is 0 Å². The van der Waals surface area contributed by atoms with Gasteiger partial charge in [-0.2, -0.15) is 0 Å². The predicted octanol–water partition coefficient (Wildman–Crippen LogP) is 1.67. The molecule has 6 heteroatoms. The zero-order valence-electron chi connectivity index (χ0n) is 12.6. The molecule has 0 aliphatic carbocycles. The second-order valence-corrected chi connectivity index (χ2v) is 5.60. The summed E-state index contributed by atoms with van der Waals surface area (Å²) >= 11 is 0. The van der Waals surface area contributed by atoms with Crippen molar-refractivity contribution in [2.75, 3.05) is 26.7 Å². The Labute approximate surface area is 120 Å². The highest BCUT2D eigenvalue weighted by Crippen LogP contribution is 2.18. The van der Waals surface area contributed by atoms with Crippen LogP contribution in [0, 0.1) is 0 Å². The van der Waals surface area contributed by atoms with E-state index in [9.17, 15) is 4.79 Å². The number of methoxy groups -OCH3 is 1. The van der Waals surface area contributed by atoms with Crippen LogP contribution in [0.25, 0.3) is 0 Å². The van der Waals surface area contributed by atoms with Crippen LogP contribution < -0.4 is 0 Å². The molecule has 0 amide bonds. The van der Waals surface area contributed by atoms with E-state index in [1.54, 1.807) is 0 Å².